The minimum Gasteiger partial charge on any atom is -0.310 e. The van der Waals surface area contributed by atoms with Gasteiger partial charge in [-0.2, -0.15) is 0 Å². The van der Waals surface area contributed by atoms with Gasteiger partial charge in [0.2, 0.25) is 0 Å². The van der Waals surface area contributed by atoms with Crippen LogP contribution in [0.3, 0.4) is 0 Å². The smallest absolute Gasteiger partial charge is 0.0561 e. The van der Waals surface area contributed by atoms with Gasteiger partial charge in [0.1, 0.15) is 0 Å². The van der Waals surface area contributed by atoms with Crippen LogP contribution in [-0.2, 0) is 0 Å². The number of hydrogen-bond donors (Lipinski definition) is 0. The van der Waals surface area contributed by atoms with Gasteiger partial charge in [-0.3, -0.25) is 0 Å². The number of para-hydroxylation sites is 1. The molecule has 13 aromatic carbocycles. The van der Waals surface area contributed by atoms with Gasteiger partial charge in [0.15, 0.2) is 0 Å². The van der Waals surface area contributed by atoms with Crippen molar-refractivity contribution in [2.75, 3.05) is 4.90 Å². The van der Waals surface area contributed by atoms with Crippen molar-refractivity contribution in [3.63, 3.8) is 0 Å². The molecule has 93 heavy (non-hydrogen) atoms. The van der Waals surface area contributed by atoms with Crippen molar-refractivity contribution in [1.29, 1.82) is 0 Å². The second-order valence-electron chi connectivity index (χ2n) is 22.9. The molecule has 2 heteroatoms. The number of allylic oxidation sites excluding steroid dienone is 5. The summed E-state index contributed by atoms with van der Waals surface area (Å²) in [6.45, 7) is 34.1. The maximum absolute atomic E-state index is 3.89. The Balaban J connectivity index is 0.000000198. The third-order valence-corrected chi connectivity index (χ3v) is 16.9. The van der Waals surface area contributed by atoms with Gasteiger partial charge in [-0.15, -0.1) is 0 Å². The highest BCUT2D eigenvalue weighted by Crippen LogP contribution is 2.43. The van der Waals surface area contributed by atoms with E-state index in [1.165, 1.54) is 126 Å². The zero-order chi connectivity index (χ0) is 66.0. The van der Waals surface area contributed by atoms with Crippen LogP contribution in [0.5, 0.6) is 0 Å². The van der Waals surface area contributed by atoms with Crippen molar-refractivity contribution >= 4 is 76.8 Å². The zero-order valence-electron chi connectivity index (χ0n) is 56.3. The first-order chi connectivity index (χ1) is 45.4. The van der Waals surface area contributed by atoms with Gasteiger partial charge < -0.3 is 9.47 Å². The number of benzene rings is 13. The van der Waals surface area contributed by atoms with Gasteiger partial charge >= 0.3 is 0 Å². The monoisotopic (exact) mass is 1210 g/mol. The van der Waals surface area contributed by atoms with Crippen molar-refractivity contribution in [1.82, 2.24) is 4.57 Å². The molecule has 0 aliphatic heterocycles. The third-order valence-electron chi connectivity index (χ3n) is 16.9. The highest BCUT2D eigenvalue weighted by molar-refractivity contribution is 6.14. The van der Waals surface area contributed by atoms with Crippen molar-refractivity contribution in [3.8, 4) is 39.1 Å². The predicted octanol–water partition coefficient (Wildman–Crippen LogP) is 26.9. The highest BCUT2D eigenvalue weighted by Gasteiger charge is 2.20. The number of anilines is 3. The van der Waals surface area contributed by atoms with Crippen LogP contribution < -0.4 is 4.90 Å². The largest absolute Gasteiger partial charge is 0.310 e. The van der Waals surface area contributed by atoms with Crippen LogP contribution in [0.25, 0.3) is 98.8 Å². The normalized spacial score (nSPS) is 10.6. The first-order valence-corrected chi connectivity index (χ1v) is 32.7. The number of fused-ring (bicyclic) bond motifs is 6. The van der Waals surface area contributed by atoms with Crippen LogP contribution in [0.15, 0.2) is 317 Å². The molecule has 0 amide bonds. The number of aryl methyl sites for hydroxylation is 6. The van der Waals surface area contributed by atoms with Gasteiger partial charge in [0.25, 0.3) is 0 Å². The van der Waals surface area contributed by atoms with Crippen molar-refractivity contribution in [2.24, 2.45) is 0 Å². The fraction of sp³-hybridized carbons (Fsp3) is 0.121. The summed E-state index contributed by atoms with van der Waals surface area (Å²) in [6, 6.07) is 98.7. The fourth-order valence-corrected chi connectivity index (χ4v) is 12.3. The molecule has 0 spiro atoms. The Morgan fingerprint density at radius 1 is 0.376 bits per heavy atom. The third kappa shape index (κ3) is 15.0. The number of nitrogens with zero attached hydrogens (tertiary/aromatic N) is 2. The first-order valence-electron chi connectivity index (χ1n) is 32.7. The second-order valence-corrected chi connectivity index (χ2v) is 22.9. The van der Waals surface area contributed by atoms with Crippen LogP contribution >= 0.6 is 0 Å². The van der Waals surface area contributed by atoms with Crippen molar-refractivity contribution in [3.05, 3.63) is 356 Å². The van der Waals surface area contributed by atoms with E-state index in [2.05, 4.69) is 332 Å². The van der Waals surface area contributed by atoms with E-state index >= 15 is 0 Å². The molecule has 14 aromatic rings. The summed E-state index contributed by atoms with van der Waals surface area (Å²) in [6.07, 6.45) is 7.36. The van der Waals surface area contributed by atoms with E-state index < -0.39 is 0 Å². The molecule has 0 unspecified atom stereocenters. The highest BCUT2D eigenvalue weighted by atomic mass is 15.1. The molecule has 0 fully saturated rings. The maximum Gasteiger partial charge on any atom is 0.0561 e. The Morgan fingerprint density at radius 3 is 1.57 bits per heavy atom. The molecule has 1 heterocycles. The second kappa shape index (κ2) is 31.8. The molecule has 0 aliphatic rings. The standard InChI is InChI=1S/C49H38N2.C22H18.C11H12.C5H8.2C2H6/c1-33-12-11-16-37(28-33)36-20-22-41(23-21-36)50(42-24-26-45(35(3)29-42)44-19-10-7-13-34(44)2)43-25-27-46-47-30-38-14-8-9-15-39(38)31-48(47)51(49(46)32-43)40-17-5-4-6-18-40;1-15-11-12-18-8-4-6-10-21(18)22(15)20-14-13-17-7-3-5-9-19(17)16(20)2;1-4-9(2)11-8-6-5-7-10(11)3;1-3-5-4-2;2*1-2/h4-32H,1-3H3;3-14H,1-2H3;4-8H,1-2H2,3H3;3-5H,1H2,2H3;2*1-2H3/b;;;5-4-;;. The molecule has 0 aliphatic carbocycles. The van der Waals surface area contributed by atoms with Crippen LogP contribution in [0.2, 0.25) is 0 Å². The van der Waals surface area contributed by atoms with Crippen LogP contribution in [0, 0.1) is 41.5 Å². The molecule has 0 bridgehead atoms. The lowest BCUT2D eigenvalue weighted by Gasteiger charge is -2.27. The molecule has 0 atom stereocenters. The Kier molecular flexibility index (Phi) is 22.8. The topological polar surface area (TPSA) is 8.17 Å². The molecule has 2 nitrogen and oxygen atoms in total. The first kappa shape index (κ1) is 66.6. The van der Waals surface area contributed by atoms with Crippen LogP contribution in [0.1, 0.15) is 73.6 Å². The lowest BCUT2D eigenvalue weighted by molar-refractivity contribution is 1.18. The average Bonchev–Trinajstić information content (AvgIpc) is 1.62. The molecule has 1 aromatic heterocycles. The molecule has 0 saturated carbocycles. The Hall–Kier alpha value is -10.8. The average molecular weight is 1210 g/mol. The quantitative estimate of drug-likeness (QED) is 0.124. The fourth-order valence-electron chi connectivity index (χ4n) is 12.3. The molecule has 14 rings (SSSR count). The summed E-state index contributed by atoms with van der Waals surface area (Å²) >= 11 is 0. The molecule has 0 radical (unpaired) electrons. The minimum absolute atomic E-state index is 0.989. The number of aromatic nitrogens is 1. The maximum atomic E-state index is 3.89. The zero-order valence-corrected chi connectivity index (χ0v) is 56.3. The van der Waals surface area contributed by atoms with Crippen LogP contribution in [-0.4, -0.2) is 4.57 Å². The van der Waals surface area contributed by atoms with E-state index in [-0.39, 0.29) is 0 Å². The molecular weight excluding hydrogens is 1120 g/mol. The van der Waals surface area contributed by atoms with Gasteiger partial charge in [-0.25, -0.2) is 0 Å². The summed E-state index contributed by atoms with van der Waals surface area (Å²) in [7, 11) is 0. The lowest BCUT2D eigenvalue weighted by atomic mass is 9.89. The van der Waals surface area contributed by atoms with Crippen molar-refractivity contribution < 1.29 is 0 Å². The van der Waals surface area contributed by atoms with E-state index in [0.717, 1.165) is 28.3 Å². The predicted molar refractivity (Wildman–Crippen MR) is 413 cm³/mol. The van der Waals surface area contributed by atoms with E-state index in [9.17, 15) is 0 Å². The molecular formula is C91H88N2. The summed E-state index contributed by atoms with van der Waals surface area (Å²) in [5, 5.41) is 10.3. The van der Waals surface area contributed by atoms with Gasteiger partial charge in [0, 0.05) is 33.5 Å². The number of rotatable bonds is 10. The van der Waals surface area contributed by atoms with E-state index in [4.69, 9.17) is 0 Å². The Morgan fingerprint density at radius 2 is 0.925 bits per heavy atom. The SMILES string of the molecule is C=C/C=C\C.C=CC(=C)c1ccccc1C.CC.CC.Cc1ccc2ccccc2c1-c1ccc2ccccc2c1C.Cc1cccc(-c2ccc(N(c3ccc(-c4ccccc4C)c(C)c3)c3ccc4c5cc6ccccc6cc5n(-c5ccccc5)c4c3)cc2)c1. The van der Waals surface area contributed by atoms with E-state index in [1.54, 1.807) is 12.2 Å². The molecule has 462 valence electrons. The summed E-state index contributed by atoms with van der Waals surface area (Å²) < 4.78 is 2.42. The lowest BCUT2D eigenvalue weighted by Crippen LogP contribution is -2.10. The molecule has 0 N–H and O–H groups in total. The Labute approximate surface area is 554 Å². The molecule has 0 saturated heterocycles. The van der Waals surface area contributed by atoms with Crippen molar-refractivity contribution in [2.45, 2.75) is 76.2 Å². The van der Waals surface area contributed by atoms with Gasteiger partial charge in [-0.05, 0) is 214 Å². The van der Waals surface area contributed by atoms with E-state index in [0.29, 0.717) is 0 Å². The summed E-state index contributed by atoms with van der Waals surface area (Å²) in [4.78, 5) is 2.40. The van der Waals surface area contributed by atoms with Gasteiger partial charge in [-0.1, -0.05) is 290 Å². The number of hydrogen-bond acceptors (Lipinski definition) is 1. The summed E-state index contributed by atoms with van der Waals surface area (Å²) in [5.41, 5.74) is 24.5. The van der Waals surface area contributed by atoms with Crippen LogP contribution in [0.4, 0.5) is 17.1 Å². The summed E-state index contributed by atoms with van der Waals surface area (Å²) in [5.74, 6) is 0. The van der Waals surface area contributed by atoms with Gasteiger partial charge in [0.05, 0.1) is 11.0 Å². The Bertz CT molecular complexity index is 4920. The minimum atomic E-state index is 0.989. The van der Waals surface area contributed by atoms with E-state index in [1.807, 2.05) is 58.9 Å².